The number of hydrogen-bond donors (Lipinski definition) is 1. The summed E-state index contributed by atoms with van der Waals surface area (Å²) >= 11 is 0. The molecule has 42 valence electrons. The Bertz CT molecular complexity index is 119. The molecule has 0 aromatic rings. The van der Waals surface area contributed by atoms with E-state index in [4.69, 9.17) is 0 Å². The van der Waals surface area contributed by atoms with Crippen molar-refractivity contribution in [3.8, 4) is 0 Å². The lowest BCUT2D eigenvalue weighted by Gasteiger charge is -1.90. The second-order valence-electron chi connectivity index (χ2n) is 1.20. The van der Waals surface area contributed by atoms with Crippen molar-refractivity contribution in [3.63, 3.8) is 0 Å². The van der Waals surface area contributed by atoms with E-state index in [-0.39, 0.29) is 0 Å². The molecule has 0 aromatic carbocycles. The monoisotopic (exact) mass is 110 g/mol. The van der Waals surface area contributed by atoms with Gasteiger partial charge in [0.05, 0.1) is 19.0 Å². The highest BCUT2D eigenvalue weighted by atomic mass is 15.3. The zero-order chi connectivity index (χ0) is 5.66. The lowest BCUT2D eigenvalue weighted by atomic mass is 10.7. The molecule has 0 atom stereocenters. The molecule has 0 saturated carbocycles. The summed E-state index contributed by atoms with van der Waals surface area (Å²) in [5, 5.41) is 10.9. The van der Waals surface area contributed by atoms with Crippen LogP contribution in [0.2, 0.25) is 0 Å². The van der Waals surface area contributed by atoms with E-state index < -0.39 is 0 Å². The third kappa shape index (κ3) is 1.51. The first kappa shape index (κ1) is 4.96. The van der Waals surface area contributed by atoms with Gasteiger partial charge in [-0.25, -0.2) is 0 Å². The van der Waals surface area contributed by atoms with Gasteiger partial charge in [0.15, 0.2) is 0 Å². The molecule has 4 heteroatoms. The second-order valence-corrected chi connectivity index (χ2v) is 1.20. The van der Waals surface area contributed by atoms with Crippen LogP contribution in [0, 0.1) is 0 Å². The lowest BCUT2D eigenvalue weighted by Crippen LogP contribution is -2.09. The van der Waals surface area contributed by atoms with Gasteiger partial charge in [0.2, 0.25) is 0 Å². The molecule has 0 fully saturated rings. The van der Waals surface area contributed by atoms with Gasteiger partial charge in [-0.3, -0.25) is 0 Å². The Balaban J connectivity index is 2.51. The molecule has 0 bridgehead atoms. The molecule has 0 aliphatic carbocycles. The van der Waals surface area contributed by atoms with Crippen LogP contribution in [0.4, 0.5) is 0 Å². The first-order chi connectivity index (χ1) is 4.00. The van der Waals surface area contributed by atoms with Crippen molar-refractivity contribution in [3.05, 3.63) is 0 Å². The molecule has 1 aliphatic rings. The smallest absolute Gasteiger partial charge is 0.0701 e. The molecule has 0 spiro atoms. The van der Waals surface area contributed by atoms with E-state index in [2.05, 4.69) is 20.7 Å². The molecule has 0 saturated heterocycles. The topological polar surface area (TPSA) is 49.1 Å². The Morgan fingerprint density at radius 3 is 3.25 bits per heavy atom. The van der Waals surface area contributed by atoms with E-state index in [9.17, 15) is 0 Å². The van der Waals surface area contributed by atoms with Crippen LogP contribution in [0.3, 0.4) is 0 Å². The SMILES string of the molecule is C1=NN=CCNN=C1. The summed E-state index contributed by atoms with van der Waals surface area (Å²) in [6.07, 6.45) is 4.71. The highest BCUT2D eigenvalue weighted by Crippen LogP contribution is 1.67. The normalized spacial score (nSPS) is 17.0. The molecular weight excluding hydrogens is 104 g/mol. The van der Waals surface area contributed by atoms with Gasteiger partial charge in [-0.05, 0) is 0 Å². The molecule has 8 heavy (non-hydrogen) atoms. The largest absolute Gasteiger partial charge is 0.305 e. The highest BCUT2D eigenvalue weighted by molar-refractivity contribution is 6.15. The Kier molecular flexibility index (Phi) is 1.80. The number of hydrogen-bond acceptors (Lipinski definition) is 4. The molecule has 4 nitrogen and oxygen atoms in total. The van der Waals surface area contributed by atoms with Gasteiger partial charge < -0.3 is 5.43 Å². The minimum absolute atomic E-state index is 0.647. The highest BCUT2D eigenvalue weighted by Gasteiger charge is 1.74. The summed E-state index contributed by atoms with van der Waals surface area (Å²) in [7, 11) is 0. The van der Waals surface area contributed by atoms with Crippen LogP contribution in [0.25, 0.3) is 0 Å². The summed E-state index contributed by atoms with van der Waals surface area (Å²) in [5.74, 6) is 0. The van der Waals surface area contributed by atoms with Crippen molar-refractivity contribution in [2.24, 2.45) is 15.3 Å². The fourth-order valence-electron chi connectivity index (χ4n) is 0.336. The predicted molar refractivity (Wildman–Crippen MR) is 33.5 cm³/mol. The molecular formula is C4H6N4. The summed E-state index contributed by atoms with van der Waals surface area (Å²) in [6.45, 7) is 0.647. The third-order valence-corrected chi connectivity index (χ3v) is 0.630. The van der Waals surface area contributed by atoms with E-state index in [0.29, 0.717) is 6.54 Å². The number of nitrogens with zero attached hydrogens (tertiary/aromatic N) is 3. The molecule has 0 radical (unpaired) electrons. The van der Waals surface area contributed by atoms with Crippen molar-refractivity contribution in [1.82, 2.24) is 5.43 Å². The van der Waals surface area contributed by atoms with Gasteiger partial charge >= 0.3 is 0 Å². The quantitative estimate of drug-likeness (QED) is 0.454. The maximum atomic E-state index is 3.72. The third-order valence-electron chi connectivity index (χ3n) is 0.630. The Morgan fingerprint density at radius 1 is 1.25 bits per heavy atom. The van der Waals surface area contributed by atoms with E-state index in [1.54, 1.807) is 12.4 Å². The minimum atomic E-state index is 0.647. The first-order valence-electron chi connectivity index (χ1n) is 2.29. The molecule has 1 N–H and O–H groups in total. The Labute approximate surface area is 47.0 Å². The zero-order valence-corrected chi connectivity index (χ0v) is 4.28. The van der Waals surface area contributed by atoms with Crippen molar-refractivity contribution in [2.75, 3.05) is 6.54 Å². The van der Waals surface area contributed by atoms with Crippen molar-refractivity contribution in [1.29, 1.82) is 0 Å². The van der Waals surface area contributed by atoms with Crippen molar-refractivity contribution < 1.29 is 0 Å². The van der Waals surface area contributed by atoms with Crippen LogP contribution in [0.5, 0.6) is 0 Å². The Hall–Kier alpha value is -1.19. The molecule has 1 rings (SSSR count). The van der Waals surface area contributed by atoms with Crippen LogP contribution in [-0.2, 0) is 0 Å². The van der Waals surface area contributed by atoms with Crippen molar-refractivity contribution >= 4 is 18.6 Å². The molecule has 0 amide bonds. The van der Waals surface area contributed by atoms with E-state index in [1.165, 1.54) is 6.21 Å². The van der Waals surface area contributed by atoms with Gasteiger partial charge in [-0.15, -0.1) is 0 Å². The van der Waals surface area contributed by atoms with E-state index in [1.807, 2.05) is 0 Å². The number of nitrogens with one attached hydrogen (secondary N) is 1. The molecule has 1 heterocycles. The fraction of sp³-hybridized carbons (Fsp3) is 0.250. The fourth-order valence-corrected chi connectivity index (χ4v) is 0.336. The second kappa shape index (κ2) is 2.90. The summed E-state index contributed by atoms with van der Waals surface area (Å²) < 4.78 is 0. The maximum Gasteiger partial charge on any atom is 0.0701 e. The van der Waals surface area contributed by atoms with E-state index >= 15 is 0 Å². The zero-order valence-electron chi connectivity index (χ0n) is 4.28. The lowest BCUT2D eigenvalue weighted by molar-refractivity contribution is 0.857. The van der Waals surface area contributed by atoms with Crippen LogP contribution < -0.4 is 5.43 Å². The average molecular weight is 110 g/mol. The van der Waals surface area contributed by atoms with Gasteiger partial charge in [0, 0.05) is 6.21 Å². The van der Waals surface area contributed by atoms with Crippen LogP contribution in [0.1, 0.15) is 0 Å². The average Bonchev–Trinajstić information content (AvgIpc) is 1.62. The molecule has 1 aliphatic heterocycles. The maximum absolute atomic E-state index is 3.72. The van der Waals surface area contributed by atoms with Crippen LogP contribution in [-0.4, -0.2) is 25.2 Å². The van der Waals surface area contributed by atoms with Gasteiger partial charge in [0.1, 0.15) is 0 Å². The summed E-state index contributed by atoms with van der Waals surface area (Å²) in [6, 6.07) is 0. The Morgan fingerprint density at radius 2 is 2.25 bits per heavy atom. The van der Waals surface area contributed by atoms with E-state index in [0.717, 1.165) is 0 Å². The minimum Gasteiger partial charge on any atom is -0.305 e. The first-order valence-corrected chi connectivity index (χ1v) is 2.29. The standard InChI is InChI=1S/C4H6N4/c1-2-6-8-4-3-7-5-1/h1-3,8H,4H2. The molecule has 0 aromatic heterocycles. The van der Waals surface area contributed by atoms with Gasteiger partial charge in [-0.1, -0.05) is 0 Å². The molecule has 0 unspecified atom stereocenters. The number of rotatable bonds is 0. The number of hydrazone groups is 1. The van der Waals surface area contributed by atoms with Gasteiger partial charge in [-0.2, -0.15) is 15.3 Å². The van der Waals surface area contributed by atoms with Crippen LogP contribution in [0.15, 0.2) is 15.3 Å². The van der Waals surface area contributed by atoms with Gasteiger partial charge in [0.25, 0.3) is 0 Å². The van der Waals surface area contributed by atoms with Crippen LogP contribution >= 0.6 is 0 Å². The predicted octanol–water partition coefficient (Wildman–Crippen LogP) is -0.368. The van der Waals surface area contributed by atoms with Crippen molar-refractivity contribution in [2.45, 2.75) is 0 Å². The summed E-state index contributed by atoms with van der Waals surface area (Å²) in [5.41, 5.74) is 2.72. The summed E-state index contributed by atoms with van der Waals surface area (Å²) in [4.78, 5) is 0.